The first kappa shape index (κ1) is 9.85. The maximum absolute atomic E-state index is 9.40. The first-order valence-electron chi connectivity index (χ1n) is 5.24. The third kappa shape index (κ3) is 2.04. The molecule has 3 nitrogen and oxygen atoms in total. The van der Waals surface area contributed by atoms with Crippen molar-refractivity contribution in [2.45, 2.75) is 25.3 Å². The molecule has 0 aromatic heterocycles. The van der Waals surface area contributed by atoms with Crippen LogP contribution in [0.4, 0.5) is 5.69 Å². The lowest BCUT2D eigenvalue weighted by atomic mass is 10.1. The second kappa shape index (κ2) is 4.22. The number of phenolic OH excluding ortho intramolecular Hbond substituents is 1. The monoisotopic (exact) mass is 202 g/mol. The Balaban J connectivity index is 2.19. The minimum atomic E-state index is 0.287. The van der Waals surface area contributed by atoms with Crippen molar-refractivity contribution in [2.24, 2.45) is 0 Å². The summed E-state index contributed by atoms with van der Waals surface area (Å²) >= 11 is 0. The maximum atomic E-state index is 9.40. The molecule has 1 saturated heterocycles. The summed E-state index contributed by atoms with van der Waals surface area (Å²) in [5.74, 6) is 0.287. The summed E-state index contributed by atoms with van der Waals surface area (Å²) in [5, 5.41) is 18.1. The smallest absolute Gasteiger partial charge is 0.117 e. The molecule has 0 amide bonds. The van der Waals surface area contributed by atoms with E-state index in [-0.39, 0.29) is 5.75 Å². The van der Waals surface area contributed by atoms with Gasteiger partial charge in [-0.3, -0.25) is 0 Å². The SMILES string of the molecule is N#CC[C@@H]1CCCN1c1cccc(O)c1. The zero-order chi connectivity index (χ0) is 10.7. The van der Waals surface area contributed by atoms with Gasteiger partial charge in [0.2, 0.25) is 0 Å². The molecule has 1 aliphatic rings. The number of anilines is 1. The van der Waals surface area contributed by atoms with Gasteiger partial charge in [0, 0.05) is 24.3 Å². The summed E-state index contributed by atoms with van der Waals surface area (Å²) in [6.07, 6.45) is 2.76. The molecule has 1 aromatic carbocycles. The average Bonchev–Trinajstić information content (AvgIpc) is 2.66. The number of phenols is 1. The molecule has 2 rings (SSSR count). The standard InChI is InChI=1S/C12H14N2O/c13-7-6-10-4-2-8-14(10)11-3-1-5-12(15)9-11/h1,3,5,9-10,15H,2,4,6,8H2/t10-/m0/s1. The first-order chi connectivity index (χ1) is 7.31. The van der Waals surface area contributed by atoms with Crippen molar-refractivity contribution in [3.63, 3.8) is 0 Å². The molecule has 1 heterocycles. The molecular weight excluding hydrogens is 188 g/mol. The average molecular weight is 202 g/mol. The second-order valence-corrected chi connectivity index (χ2v) is 3.87. The van der Waals surface area contributed by atoms with Crippen molar-refractivity contribution in [1.82, 2.24) is 0 Å². The molecule has 1 aromatic rings. The highest BCUT2D eigenvalue weighted by molar-refractivity contribution is 5.52. The van der Waals surface area contributed by atoms with Crippen molar-refractivity contribution < 1.29 is 5.11 Å². The topological polar surface area (TPSA) is 47.3 Å². The third-order valence-corrected chi connectivity index (χ3v) is 2.87. The first-order valence-corrected chi connectivity index (χ1v) is 5.24. The minimum Gasteiger partial charge on any atom is -0.508 e. The number of benzene rings is 1. The quantitative estimate of drug-likeness (QED) is 0.800. The van der Waals surface area contributed by atoms with Gasteiger partial charge in [0.15, 0.2) is 0 Å². The van der Waals surface area contributed by atoms with E-state index in [1.165, 1.54) is 0 Å². The Bertz CT molecular complexity index is 383. The van der Waals surface area contributed by atoms with Crippen LogP contribution in [0.2, 0.25) is 0 Å². The van der Waals surface area contributed by atoms with Crippen molar-refractivity contribution in [1.29, 1.82) is 5.26 Å². The zero-order valence-corrected chi connectivity index (χ0v) is 8.56. The van der Waals surface area contributed by atoms with Crippen LogP contribution >= 0.6 is 0 Å². The van der Waals surface area contributed by atoms with Gasteiger partial charge < -0.3 is 10.0 Å². The van der Waals surface area contributed by atoms with Crippen LogP contribution in [0.3, 0.4) is 0 Å². The molecule has 1 fully saturated rings. The Kier molecular flexibility index (Phi) is 2.77. The van der Waals surface area contributed by atoms with Crippen molar-refractivity contribution >= 4 is 5.69 Å². The van der Waals surface area contributed by atoms with E-state index in [1.807, 2.05) is 12.1 Å². The van der Waals surface area contributed by atoms with E-state index >= 15 is 0 Å². The molecule has 0 radical (unpaired) electrons. The number of rotatable bonds is 2. The highest BCUT2D eigenvalue weighted by atomic mass is 16.3. The van der Waals surface area contributed by atoms with E-state index in [1.54, 1.807) is 12.1 Å². The molecule has 0 spiro atoms. The fourth-order valence-corrected chi connectivity index (χ4v) is 2.16. The molecule has 3 heteroatoms. The van der Waals surface area contributed by atoms with Gasteiger partial charge in [-0.2, -0.15) is 5.26 Å². The Morgan fingerprint density at radius 3 is 3.13 bits per heavy atom. The lowest BCUT2D eigenvalue weighted by molar-refractivity contribution is 0.475. The van der Waals surface area contributed by atoms with Crippen LogP contribution in [0.25, 0.3) is 0 Å². The van der Waals surface area contributed by atoms with E-state index in [0.717, 1.165) is 25.1 Å². The summed E-state index contributed by atoms with van der Waals surface area (Å²) in [5.41, 5.74) is 1.02. The number of nitriles is 1. The lowest BCUT2D eigenvalue weighted by Crippen LogP contribution is -2.28. The summed E-state index contributed by atoms with van der Waals surface area (Å²) in [6, 6.07) is 9.78. The van der Waals surface area contributed by atoms with E-state index in [2.05, 4.69) is 11.0 Å². The molecular formula is C12H14N2O. The molecule has 1 aliphatic heterocycles. The Morgan fingerprint density at radius 2 is 2.40 bits per heavy atom. The van der Waals surface area contributed by atoms with Crippen LogP contribution in [0.5, 0.6) is 5.75 Å². The van der Waals surface area contributed by atoms with E-state index in [4.69, 9.17) is 5.26 Å². The predicted octanol–water partition coefficient (Wildman–Crippen LogP) is 2.27. The van der Waals surface area contributed by atoms with Crippen molar-refractivity contribution in [3.05, 3.63) is 24.3 Å². The molecule has 1 N–H and O–H groups in total. The maximum Gasteiger partial charge on any atom is 0.117 e. The summed E-state index contributed by atoms with van der Waals surface area (Å²) < 4.78 is 0. The Hall–Kier alpha value is -1.69. The van der Waals surface area contributed by atoms with E-state index < -0.39 is 0 Å². The van der Waals surface area contributed by atoms with Crippen molar-refractivity contribution in [3.8, 4) is 11.8 Å². The molecule has 15 heavy (non-hydrogen) atoms. The van der Waals surface area contributed by atoms with E-state index in [9.17, 15) is 5.11 Å². The molecule has 1 atom stereocenters. The van der Waals surface area contributed by atoms with E-state index in [0.29, 0.717) is 12.5 Å². The largest absolute Gasteiger partial charge is 0.508 e. The van der Waals surface area contributed by atoms with Gasteiger partial charge in [-0.25, -0.2) is 0 Å². The van der Waals surface area contributed by atoms with Crippen molar-refractivity contribution in [2.75, 3.05) is 11.4 Å². The summed E-state index contributed by atoms with van der Waals surface area (Å²) in [7, 11) is 0. The van der Waals surface area contributed by atoms with Gasteiger partial charge in [-0.05, 0) is 25.0 Å². The second-order valence-electron chi connectivity index (χ2n) is 3.87. The Labute approximate surface area is 89.6 Å². The van der Waals surface area contributed by atoms with Gasteiger partial charge in [0.25, 0.3) is 0 Å². The van der Waals surface area contributed by atoms with Gasteiger partial charge >= 0.3 is 0 Å². The third-order valence-electron chi connectivity index (χ3n) is 2.87. The predicted molar refractivity (Wildman–Crippen MR) is 58.7 cm³/mol. The van der Waals surface area contributed by atoms with Crippen LogP contribution in [-0.4, -0.2) is 17.7 Å². The fraction of sp³-hybridized carbons (Fsp3) is 0.417. The summed E-state index contributed by atoms with van der Waals surface area (Å²) in [4.78, 5) is 2.21. The van der Waals surface area contributed by atoms with Gasteiger partial charge in [-0.15, -0.1) is 0 Å². The molecule has 0 aliphatic carbocycles. The van der Waals surface area contributed by atoms with Crippen LogP contribution in [0.15, 0.2) is 24.3 Å². The lowest BCUT2D eigenvalue weighted by Gasteiger charge is -2.25. The van der Waals surface area contributed by atoms with Crippen LogP contribution in [0, 0.1) is 11.3 Å². The fourth-order valence-electron chi connectivity index (χ4n) is 2.16. The molecule has 0 unspecified atom stereocenters. The normalized spacial score (nSPS) is 20.2. The minimum absolute atomic E-state index is 0.287. The number of hydrogen-bond acceptors (Lipinski definition) is 3. The molecule has 0 saturated carbocycles. The van der Waals surface area contributed by atoms with Gasteiger partial charge in [-0.1, -0.05) is 6.07 Å². The number of aromatic hydroxyl groups is 1. The van der Waals surface area contributed by atoms with Crippen LogP contribution < -0.4 is 4.90 Å². The molecule has 78 valence electrons. The van der Waals surface area contributed by atoms with Gasteiger partial charge in [0.1, 0.15) is 5.75 Å². The van der Waals surface area contributed by atoms with Gasteiger partial charge in [0.05, 0.1) is 12.5 Å². The highest BCUT2D eigenvalue weighted by Gasteiger charge is 2.24. The number of nitrogens with zero attached hydrogens (tertiary/aromatic N) is 2. The molecule has 0 bridgehead atoms. The van der Waals surface area contributed by atoms with Crippen LogP contribution in [0.1, 0.15) is 19.3 Å². The highest BCUT2D eigenvalue weighted by Crippen LogP contribution is 2.29. The number of hydrogen-bond donors (Lipinski definition) is 1. The zero-order valence-electron chi connectivity index (χ0n) is 8.56. The van der Waals surface area contributed by atoms with Crippen LogP contribution in [-0.2, 0) is 0 Å². The Morgan fingerprint density at radius 1 is 1.53 bits per heavy atom. The summed E-state index contributed by atoms with van der Waals surface area (Å²) in [6.45, 7) is 0.982.